The molecule has 24 heavy (non-hydrogen) atoms. The Hall–Kier alpha value is -0.372. The summed E-state index contributed by atoms with van der Waals surface area (Å²) in [6.45, 7) is 2.36. The van der Waals surface area contributed by atoms with Crippen LogP contribution in [0.3, 0.4) is 0 Å². The predicted octanol–water partition coefficient (Wildman–Crippen LogP) is 3.47. The maximum absolute atomic E-state index is 9.35. The van der Waals surface area contributed by atoms with Gasteiger partial charge in [-0.1, -0.05) is 32.6 Å². The van der Waals surface area contributed by atoms with E-state index in [4.69, 9.17) is 0 Å². The molecular weight excluding hydrogens is 361 g/mol. The van der Waals surface area contributed by atoms with Gasteiger partial charge in [0.1, 0.15) is 0 Å². The fourth-order valence-corrected chi connectivity index (χ4v) is 3.10. The van der Waals surface area contributed by atoms with E-state index in [1.807, 2.05) is 6.20 Å². The normalized spacial score (nSPS) is 11.8. The van der Waals surface area contributed by atoms with Crippen LogP contribution in [-0.4, -0.2) is 45.3 Å². The van der Waals surface area contributed by atoms with E-state index in [1.54, 1.807) is 0 Å². The van der Waals surface area contributed by atoms with Crippen LogP contribution in [0.5, 0.6) is 0 Å². The van der Waals surface area contributed by atoms with Crippen molar-refractivity contribution in [3.05, 3.63) is 29.6 Å². The van der Waals surface area contributed by atoms with Crippen molar-refractivity contribution >= 4 is 16.9 Å². The summed E-state index contributed by atoms with van der Waals surface area (Å²) in [5.41, 5.74) is 2.37. The number of pyridine rings is 1. The molecule has 0 aliphatic heterocycles. The second kappa shape index (κ2) is 12.9. The zero-order valence-electron chi connectivity index (χ0n) is 15.3. The van der Waals surface area contributed by atoms with E-state index in [1.165, 1.54) is 79.5 Å². The second-order valence-electron chi connectivity index (χ2n) is 7.06. The Balaban J connectivity index is 2.18. The summed E-state index contributed by atoms with van der Waals surface area (Å²) in [7, 11) is 0. The molecular formula is C20H36AsNO2. The summed E-state index contributed by atoms with van der Waals surface area (Å²) in [6.07, 6.45) is 15.5. The van der Waals surface area contributed by atoms with Crippen molar-refractivity contribution in [3.63, 3.8) is 0 Å². The van der Waals surface area contributed by atoms with Gasteiger partial charge in [-0.3, -0.25) is 0 Å². The summed E-state index contributed by atoms with van der Waals surface area (Å²) in [5.74, 6) is 0. The van der Waals surface area contributed by atoms with Crippen molar-refractivity contribution in [2.45, 2.75) is 81.8 Å². The molecule has 1 heterocycles. The molecule has 0 spiro atoms. The van der Waals surface area contributed by atoms with Gasteiger partial charge < -0.3 is 0 Å². The Morgan fingerprint density at radius 1 is 0.917 bits per heavy atom. The number of aliphatic hydroxyl groups excluding tert-OH is 2. The van der Waals surface area contributed by atoms with Gasteiger partial charge in [0, 0.05) is 0 Å². The van der Waals surface area contributed by atoms with Gasteiger partial charge in [-0.2, -0.15) is 0 Å². The van der Waals surface area contributed by atoms with E-state index in [0.717, 1.165) is 19.3 Å². The number of nitrogens with zero attached hydrogens (tertiary/aromatic N) is 1. The third-order valence-corrected chi connectivity index (χ3v) is 6.09. The van der Waals surface area contributed by atoms with E-state index in [-0.39, 0.29) is 17.4 Å². The average Bonchev–Trinajstić information content (AvgIpc) is 2.63. The predicted molar refractivity (Wildman–Crippen MR) is 104 cm³/mol. The molecule has 0 fully saturated rings. The Morgan fingerprint density at radius 3 is 2.08 bits per heavy atom. The van der Waals surface area contributed by atoms with Gasteiger partial charge in [0.05, 0.1) is 0 Å². The first-order valence-electron chi connectivity index (χ1n) is 9.58. The molecule has 1 rings (SSSR count). The fraction of sp³-hybridized carbons (Fsp3) is 0.750. The summed E-state index contributed by atoms with van der Waals surface area (Å²) in [4.78, 5) is 4.57. The number of unbranched alkanes of at least 4 members (excludes halogenated alkanes) is 7. The van der Waals surface area contributed by atoms with E-state index in [2.05, 4.69) is 24.0 Å². The van der Waals surface area contributed by atoms with E-state index >= 15 is 0 Å². The standard InChI is InChI=1S/C20H36AsNO2/c1-2-3-4-5-6-7-8-9-10-19-12-11-18(15-22-19)13-14-20(21,16-23)17-24/h11-12,15,23-24H,2-10,13-14,16-17,21H2,1H3. The van der Waals surface area contributed by atoms with Gasteiger partial charge in [0.2, 0.25) is 0 Å². The molecule has 3 nitrogen and oxygen atoms in total. The number of hydrogen-bond donors (Lipinski definition) is 2. The van der Waals surface area contributed by atoms with Crippen LogP contribution < -0.4 is 0 Å². The molecule has 2 N–H and O–H groups in total. The zero-order chi connectivity index (χ0) is 17.7. The van der Waals surface area contributed by atoms with Crippen LogP contribution in [0.1, 0.15) is 76.0 Å². The van der Waals surface area contributed by atoms with Crippen LogP contribution in [0.4, 0.5) is 0 Å². The van der Waals surface area contributed by atoms with Crippen molar-refractivity contribution in [2.24, 2.45) is 0 Å². The molecule has 0 saturated heterocycles. The summed E-state index contributed by atoms with van der Waals surface area (Å²) < 4.78 is -0.331. The second-order valence-corrected chi connectivity index (χ2v) is 9.63. The van der Waals surface area contributed by atoms with Crippen LogP contribution in [0.2, 0.25) is 4.20 Å². The molecule has 0 aromatic carbocycles. The third-order valence-electron chi connectivity index (χ3n) is 4.71. The molecule has 1 atom stereocenters. The maximum atomic E-state index is 9.35. The number of aryl methyl sites for hydroxylation is 2. The van der Waals surface area contributed by atoms with Gasteiger partial charge in [-0.25, -0.2) is 0 Å². The topological polar surface area (TPSA) is 53.4 Å². The quantitative estimate of drug-likeness (QED) is 0.373. The fourth-order valence-electron chi connectivity index (χ4n) is 2.79. The Labute approximate surface area is 156 Å². The number of aromatic nitrogens is 1. The molecule has 0 radical (unpaired) electrons. The van der Waals surface area contributed by atoms with Crippen molar-refractivity contribution < 1.29 is 10.2 Å². The molecule has 0 aliphatic rings. The summed E-state index contributed by atoms with van der Waals surface area (Å²) in [6, 6.07) is 4.28. The van der Waals surface area contributed by atoms with Crippen molar-refractivity contribution in [3.8, 4) is 0 Å². The molecule has 1 aromatic rings. The Bertz CT molecular complexity index is 418. The van der Waals surface area contributed by atoms with Gasteiger partial charge in [-0.05, 0) is 0 Å². The van der Waals surface area contributed by atoms with Crippen molar-refractivity contribution in [1.29, 1.82) is 0 Å². The molecule has 0 aliphatic carbocycles. The zero-order valence-corrected chi connectivity index (χ0v) is 17.8. The first-order valence-corrected chi connectivity index (χ1v) is 10.8. The summed E-state index contributed by atoms with van der Waals surface area (Å²) in [5, 5.41) is 18.7. The third kappa shape index (κ3) is 9.20. The minimum atomic E-state index is -0.331. The van der Waals surface area contributed by atoms with Crippen LogP contribution in [0.15, 0.2) is 18.3 Å². The molecule has 1 aromatic heterocycles. The van der Waals surface area contributed by atoms with Crippen LogP contribution in [-0.2, 0) is 12.8 Å². The van der Waals surface area contributed by atoms with Crippen molar-refractivity contribution in [2.75, 3.05) is 13.2 Å². The van der Waals surface area contributed by atoms with E-state index in [9.17, 15) is 10.2 Å². The van der Waals surface area contributed by atoms with Crippen LogP contribution in [0, 0.1) is 0 Å². The molecule has 1 unspecified atom stereocenters. The summed E-state index contributed by atoms with van der Waals surface area (Å²) >= 11 is 1.42. The first kappa shape index (κ1) is 21.7. The molecule has 0 bridgehead atoms. The van der Waals surface area contributed by atoms with E-state index < -0.39 is 0 Å². The monoisotopic (exact) mass is 397 g/mol. The van der Waals surface area contributed by atoms with Gasteiger partial charge in [0.25, 0.3) is 0 Å². The van der Waals surface area contributed by atoms with E-state index in [0.29, 0.717) is 0 Å². The molecule has 0 saturated carbocycles. The molecule has 4 heteroatoms. The Kier molecular flexibility index (Phi) is 11.7. The van der Waals surface area contributed by atoms with Gasteiger partial charge in [-0.15, -0.1) is 0 Å². The van der Waals surface area contributed by atoms with Crippen LogP contribution in [0.25, 0.3) is 0 Å². The number of hydrogen-bond acceptors (Lipinski definition) is 3. The van der Waals surface area contributed by atoms with Crippen LogP contribution >= 0.6 is 0 Å². The van der Waals surface area contributed by atoms with Gasteiger partial charge >= 0.3 is 124 Å². The number of rotatable bonds is 14. The van der Waals surface area contributed by atoms with Crippen molar-refractivity contribution in [1.82, 2.24) is 4.98 Å². The SMILES string of the molecule is CCCCCCCCCCc1ccc(CCC([AsH2])(CO)CO)cn1. The Morgan fingerprint density at radius 2 is 1.54 bits per heavy atom. The first-order chi connectivity index (χ1) is 11.6. The van der Waals surface area contributed by atoms with Gasteiger partial charge in [0.15, 0.2) is 0 Å². The molecule has 0 amide bonds. The molecule has 138 valence electrons. The number of aliphatic hydroxyl groups is 2. The minimum absolute atomic E-state index is 0.0491. The average molecular weight is 397 g/mol.